The van der Waals surface area contributed by atoms with Crippen LogP contribution in [0.15, 0.2) is 41.4 Å². The molecule has 0 saturated carbocycles. The minimum absolute atomic E-state index is 0. The van der Waals surface area contributed by atoms with Crippen LogP contribution in [0.1, 0.15) is 32.3 Å². The Hall–Kier alpha value is -1.28. The molecule has 0 aromatic heterocycles. The maximum atomic E-state index is 5.85. The Balaban J connectivity index is 0.00000243. The van der Waals surface area contributed by atoms with Gasteiger partial charge in [0.1, 0.15) is 0 Å². The van der Waals surface area contributed by atoms with Crippen LogP contribution in [0.4, 0.5) is 5.69 Å². The number of hydrogen-bond donors (Lipinski definition) is 2. The van der Waals surface area contributed by atoms with Gasteiger partial charge in [-0.3, -0.25) is 0 Å². The van der Waals surface area contributed by atoms with Gasteiger partial charge in [0.2, 0.25) is 0 Å². The van der Waals surface area contributed by atoms with Gasteiger partial charge in [0.25, 0.3) is 0 Å². The summed E-state index contributed by atoms with van der Waals surface area (Å²) in [5.41, 5.74) is 2.42. The summed E-state index contributed by atoms with van der Waals surface area (Å²) >= 11 is 0. The first-order chi connectivity index (χ1) is 12.2. The highest BCUT2D eigenvalue weighted by molar-refractivity contribution is 14.0. The van der Waals surface area contributed by atoms with Gasteiger partial charge in [-0.15, -0.1) is 24.0 Å². The first-order valence-electron chi connectivity index (χ1n) is 9.33. The number of guanidine groups is 1. The van der Waals surface area contributed by atoms with E-state index in [9.17, 15) is 0 Å². The van der Waals surface area contributed by atoms with Crippen molar-refractivity contribution in [2.75, 3.05) is 37.7 Å². The number of nitrogens with one attached hydrogen (secondary N) is 2. The van der Waals surface area contributed by atoms with Gasteiger partial charge in [0, 0.05) is 38.5 Å². The molecule has 1 saturated heterocycles. The van der Waals surface area contributed by atoms with Crippen LogP contribution in [-0.2, 0) is 11.3 Å². The number of anilines is 1. The smallest absolute Gasteiger partial charge is 0.191 e. The third-order valence-electron chi connectivity index (χ3n) is 4.79. The highest BCUT2D eigenvalue weighted by Crippen LogP contribution is 2.24. The van der Waals surface area contributed by atoms with Crippen molar-refractivity contribution in [1.82, 2.24) is 10.6 Å². The van der Waals surface area contributed by atoms with E-state index in [-0.39, 0.29) is 29.6 Å². The van der Waals surface area contributed by atoms with Crippen molar-refractivity contribution in [1.29, 1.82) is 0 Å². The molecule has 1 fully saturated rings. The molecule has 0 bridgehead atoms. The molecule has 2 N–H and O–H groups in total. The monoisotopic (exact) mass is 470 g/mol. The number of ether oxygens (including phenoxy) is 1. The summed E-state index contributed by atoms with van der Waals surface area (Å²) in [6, 6.07) is 8.66. The number of benzene rings is 1. The minimum Gasteiger partial charge on any atom is -0.373 e. The molecule has 1 aromatic carbocycles. The number of hydrogen-bond acceptors (Lipinski definition) is 3. The van der Waals surface area contributed by atoms with Crippen molar-refractivity contribution in [2.45, 2.75) is 38.8 Å². The highest BCUT2D eigenvalue weighted by atomic mass is 127. The number of aliphatic imine (C=N–C) groups is 1. The van der Waals surface area contributed by atoms with Gasteiger partial charge in [0.15, 0.2) is 5.96 Å². The van der Waals surface area contributed by atoms with E-state index < -0.39 is 0 Å². The molecular formula is C20H31IN4O. The lowest BCUT2D eigenvalue weighted by Gasteiger charge is -2.24. The molecule has 26 heavy (non-hydrogen) atoms. The summed E-state index contributed by atoms with van der Waals surface area (Å²) < 4.78 is 5.85. The number of nitrogens with zero attached hydrogens (tertiary/aromatic N) is 2. The SMILES string of the molecule is CCNC(=NCc1cccc(N2CC=CC2)c1)NCC1(C)CCCO1.I. The average molecular weight is 470 g/mol. The van der Waals surface area contributed by atoms with Gasteiger partial charge < -0.3 is 20.3 Å². The third-order valence-corrected chi connectivity index (χ3v) is 4.79. The second kappa shape index (κ2) is 10.2. The fourth-order valence-electron chi connectivity index (χ4n) is 3.30. The fourth-order valence-corrected chi connectivity index (χ4v) is 3.30. The Kier molecular flexibility index (Phi) is 8.21. The summed E-state index contributed by atoms with van der Waals surface area (Å²) in [7, 11) is 0. The van der Waals surface area contributed by atoms with Crippen LogP contribution in [0.3, 0.4) is 0 Å². The predicted octanol–water partition coefficient (Wildman–Crippen LogP) is 3.31. The van der Waals surface area contributed by atoms with Gasteiger partial charge in [-0.05, 0) is 44.4 Å². The van der Waals surface area contributed by atoms with Crippen LogP contribution in [-0.4, -0.2) is 44.3 Å². The molecule has 0 aliphatic carbocycles. The van der Waals surface area contributed by atoms with Gasteiger partial charge in [-0.2, -0.15) is 0 Å². The summed E-state index contributed by atoms with van der Waals surface area (Å²) in [6.07, 6.45) is 6.67. The van der Waals surface area contributed by atoms with E-state index in [2.05, 4.69) is 65.8 Å². The first-order valence-corrected chi connectivity index (χ1v) is 9.33. The van der Waals surface area contributed by atoms with Gasteiger partial charge in [0.05, 0.1) is 12.1 Å². The van der Waals surface area contributed by atoms with E-state index in [1.807, 2.05) is 0 Å². The average Bonchev–Trinajstić information content (AvgIpc) is 3.30. The van der Waals surface area contributed by atoms with Crippen molar-refractivity contribution >= 4 is 35.6 Å². The van der Waals surface area contributed by atoms with Gasteiger partial charge >= 0.3 is 0 Å². The molecule has 1 aromatic rings. The second-order valence-corrected chi connectivity index (χ2v) is 7.00. The van der Waals surface area contributed by atoms with Crippen molar-refractivity contribution in [2.24, 2.45) is 4.99 Å². The Morgan fingerprint density at radius 3 is 2.77 bits per heavy atom. The zero-order valence-corrected chi connectivity index (χ0v) is 18.2. The van der Waals surface area contributed by atoms with Crippen molar-refractivity contribution in [3.8, 4) is 0 Å². The van der Waals surface area contributed by atoms with Gasteiger partial charge in [-0.1, -0.05) is 24.3 Å². The maximum absolute atomic E-state index is 5.85. The highest BCUT2D eigenvalue weighted by Gasteiger charge is 2.29. The third kappa shape index (κ3) is 5.87. The second-order valence-electron chi connectivity index (χ2n) is 7.00. The molecule has 2 heterocycles. The predicted molar refractivity (Wildman–Crippen MR) is 120 cm³/mol. The van der Waals surface area contributed by atoms with E-state index in [1.165, 1.54) is 11.3 Å². The van der Waals surface area contributed by atoms with Crippen LogP contribution in [0.25, 0.3) is 0 Å². The molecular weight excluding hydrogens is 439 g/mol. The number of halogens is 1. The molecule has 0 amide bonds. The summed E-state index contributed by atoms with van der Waals surface area (Å²) in [5, 5.41) is 6.76. The maximum Gasteiger partial charge on any atom is 0.191 e. The standard InChI is InChI=1S/C20H30N4O.HI/c1-3-21-19(23-16-20(2)10-7-13-25-20)22-15-17-8-6-9-18(14-17)24-11-4-5-12-24;/h4-6,8-9,14H,3,7,10-13,15-16H2,1-2H3,(H2,21,22,23);1H. The van der Waals surface area contributed by atoms with E-state index >= 15 is 0 Å². The zero-order valence-electron chi connectivity index (χ0n) is 15.8. The summed E-state index contributed by atoms with van der Waals surface area (Å²) in [6.45, 7) is 9.42. The molecule has 2 aliphatic heterocycles. The molecule has 0 radical (unpaired) electrons. The van der Waals surface area contributed by atoms with E-state index in [0.29, 0.717) is 6.54 Å². The van der Waals surface area contributed by atoms with Crippen LogP contribution >= 0.6 is 24.0 Å². The molecule has 144 valence electrons. The molecule has 0 spiro atoms. The van der Waals surface area contributed by atoms with E-state index in [4.69, 9.17) is 9.73 Å². The van der Waals surface area contributed by atoms with Crippen LogP contribution in [0.2, 0.25) is 0 Å². The Bertz CT molecular complexity index is 618. The zero-order chi connectivity index (χ0) is 17.5. The lowest BCUT2D eigenvalue weighted by atomic mass is 10.0. The first kappa shape index (κ1) is 21.0. The van der Waals surface area contributed by atoms with Gasteiger partial charge in [-0.25, -0.2) is 4.99 Å². The topological polar surface area (TPSA) is 48.9 Å². The lowest BCUT2D eigenvalue weighted by Crippen LogP contribution is -2.45. The Morgan fingerprint density at radius 2 is 2.08 bits per heavy atom. The molecule has 1 unspecified atom stereocenters. The van der Waals surface area contributed by atoms with Crippen molar-refractivity contribution in [3.63, 3.8) is 0 Å². The molecule has 3 rings (SSSR count). The molecule has 1 atom stereocenters. The quantitative estimate of drug-likeness (QED) is 0.290. The largest absolute Gasteiger partial charge is 0.373 e. The normalized spacial score (nSPS) is 22.4. The Labute approximate surface area is 174 Å². The van der Waals surface area contributed by atoms with E-state index in [0.717, 1.165) is 51.6 Å². The lowest BCUT2D eigenvalue weighted by molar-refractivity contribution is 0.0243. The number of rotatable bonds is 6. The van der Waals surface area contributed by atoms with Crippen molar-refractivity contribution in [3.05, 3.63) is 42.0 Å². The molecule has 5 nitrogen and oxygen atoms in total. The van der Waals surface area contributed by atoms with Crippen LogP contribution in [0, 0.1) is 0 Å². The Morgan fingerprint density at radius 1 is 1.27 bits per heavy atom. The summed E-state index contributed by atoms with van der Waals surface area (Å²) in [4.78, 5) is 7.10. The van der Waals surface area contributed by atoms with Crippen LogP contribution in [0.5, 0.6) is 0 Å². The van der Waals surface area contributed by atoms with Crippen LogP contribution < -0.4 is 15.5 Å². The van der Waals surface area contributed by atoms with Crippen molar-refractivity contribution < 1.29 is 4.74 Å². The van der Waals surface area contributed by atoms with E-state index in [1.54, 1.807) is 0 Å². The molecule has 6 heteroatoms. The minimum atomic E-state index is -0.0706. The molecule has 2 aliphatic rings. The fraction of sp³-hybridized carbons (Fsp3) is 0.550. The summed E-state index contributed by atoms with van der Waals surface area (Å²) in [5.74, 6) is 0.854.